The number of nitrogens with two attached hydrogens (primary N) is 1. The van der Waals surface area contributed by atoms with Crippen molar-refractivity contribution < 1.29 is 9.53 Å². The number of carbonyl (C=O) groups is 1. The third-order valence-corrected chi connectivity index (χ3v) is 2.53. The standard InChI is InChI=1S/C13H16N4O2/c1-3-19-13(18)10-8-9(4-5-11(10)14)15-12-6-7-17(2)16-12/h4-8H,3,14H2,1-2H3,(H,15,16). The molecule has 3 N–H and O–H groups in total. The van der Waals surface area contributed by atoms with Crippen molar-refractivity contribution in [1.29, 1.82) is 0 Å². The molecule has 1 aromatic carbocycles. The summed E-state index contributed by atoms with van der Waals surface area (Å²) in [5, 5.41) is 7.29. The molecule has 0 radical (unpaired) electrons. The highest BCUT2D eigenvalue weighted by Crippen LogP contribution is 2.21. The summed E-state index contributed by atoms with van der Waals surface area (Å²) in [6.45, 7) is 2.07. The largest absolute Gasteiger partial charge is 0.462 e. The summed E-state index contributed by atoms with van der Waals surface area (Å²) in [5.74, 6) is 0.270. The molecule has 0 atom stereocenters. The summed E-state index contributed by atoms with van der Waals surface area (Å²) in [6.07, 6.45) is 1.83. The Morgan fingerprint density at radius 2 is 2.26 bits per heavy atom. The van der Waals surface area contributed by atoms with Crippen molar-refractivity contribution in [3.05, 3.63) is 36.0 Å². The summed E-state index contributed by atoms with van der Waals surface area (Å²) in [5.41, 5.74) is 7.25. The molecule has 0 amide bonds. The summed E-state index contributed by atoms with van der Waals surface area (Å²) >= 11 is 0. The lowest BCUT2D eigenvalue weighted by Crippen LogP contribution is -2.08. The van der Waals surface area contributed by atoms with Crippen molar-refractivity contribution in [1.82, 2.24) is 9.78 Å². The Morgan fingerprint density at radius 1 is 1.47 bits per heavy atom. The number of aryl methyl sites for hydroxylation is 1. The van der Waals surface area contributed by atoms with E-state index >= 15 is 0 Å². The van der Waals surface area contributed by atoms with Crippen LogP contribution in [0, 0.1) is 0 Å². The zero-order valence-corrected chi connectivity index (χ0v) is 10.9. The fourth-order valence-corrected chi connectivity index (χ4v) is 1.65. The average Bonchev–Trinajstić information content (AvgIpc) is 2.77. The summed E-state index contributed by atoms with van der Waals surface area (Å²) in [4.78, 5) is 11.7. The molecule has 0 unspecified atom stereocenters. The van der Waals surface area contributed by atoms with Gasteiger partial charge in [0.25, 0.3) is 0 Å². The number of rotatable bonds is 4. The van der Waals surface area contributed by atoms with E-state index in [0.717, 1.165) is 5.69 Å². The molecular weight excluding hydrogens is 244 g/mol. The minimum atomic E-state index is -0.426. The van der Waals surface area contributed by atoms with Crippen LogP contribution < -0.4 is 11.1 Å². The van der Waals surface area contributed by atoms with Crippen LogP contribution in [0.2, 0.25) is 0 Å². The molecule has 1 aromatic heterocycles. The minimum Gasteiger partial charge on any atom is -0.462 e. The van der Waals surface area contributed by atoms with E-state index in [1.807, 2.05) is 19.3 Å². The quantitative estimate of drug-likeness (QED) is 0.648. The first kappa shape index (κ1) is 12.9. The molecule has 0 saturated carbocycles. The zero-order valence-electron chi connectivity index (χ0n) is 10.9. The van der Waals surface area contributed by atoms with Crippen molar-refractivity contribution in [2.24, 2.45) is 7.05 Å². The maximum atomic E-state index is 11.7. The van der Waals surface area contributed by atoms with E-state index in [9.17, 15) is 4.79 Å². The second-order valence-electron chi connectivity index (χ2n) is 4.02. The van der Waals surface area contributed by atoms with E-state index < -0.39 is 5.97 Å². The number of anilines is 3. The second-order valence-corrected chi connectivity index (χ2v) is 4.02. The molecule has 6 nitrogen and oxygen atoms in total. The molecule has 0 bridgehead atoms. The molecule has 0 aliphatic rings. The predicted molar refractivity (Wildman–Crippen MR) is 73.3 cm³/mol. The summed E-state index contributed by atoms with van der Waals surface area (Å²) in [6, 6.07) is 6.94. The smallest absolute Gasteiger partial charge is 0.340 e. The SMILES string of the molecule is CCOC(=O)c1cc(Nc2ccn(C)n2)ccc1N. The first-order chi connectivity index (χ1) is 9.10. The van der Waals surface area contributed by atoms with Crippen molar-refractivity contribution in [3.8, 4) is 0 Å². The molecule has 0 fully saturated rings. The van der Waals surface area contributed by atoms with Gasteiger partial charge in [0.1, 0.15) is 0 Å². The van der Waals surface area contributed by atoms with E-state index in [4.69, 9.17) is 10.5 Å². The maximum absolute atomic E-state index is 11.7. The highest BCUT2D eigenvalue weighted by atomic mass is 16.5. The van der Waals surface area contributed by atoms with E-state index in [0.29, 0.717) is 23.7 Å². The fraction of sp³-hybridized carbons (Fsp3) is 0.231. The van der Waals surface area contributed by atoms with Crippen LogP contribution in [0.25, 0.3) is 0 Å². The number of ether oxygens (including phenoxy) is 1. The van der Waals surface area contributed by atoms with Gasteiger partial charge in [-0.1, -0.05) is 0 Å². The number of benzene rings is 1. The van der Waals surface area contributed by atoms with Gasteiger partial charge in [0.15, 0.2) is 5.82 Å². The lowest BCUT2D eigenvalue weighted by Gasteiger charge is -2.08. The normalized spacial score (nSPS) is 10.2. The van der Waals surface area contributed by atoms with Gasteiger partial charge in [-0.3, -0.25) is 4.68 Å². The van der Waals surface area contributed by atoms with Crippen LogP contribution in [0.3, 0.4) is 0 Å². The Kier molecular flexibility index (Phi) is 3.70. The second kappa shape index (κ2) is 5.43. The number of esters is 1. The first-order valence-electron chi connectivity index (χ1n) is 5.93. The molecule has 0 aliphatic heterocycles. The van der Waals surface area contributed by atoms with Crippen molar-refractivity contribution in [2.75, 3.05) is 17.7 Å². The van der Waals surface area contributed by atoms with Crippen LogP contribution in [0.4, 0.5) is 17.2 Å². The number of aromatic nitrogens is 2. The molecule has 0 saturated heterocycles. The average molecular weight is 260 g/mol. The third kappa shape index (κ3) is 3.04. The van der Waals surface area contributed by atoms with Gasteiger partial charge in [-0.2, -0.15) is 5.10 Å². The molecule has 2 aromatic rings. The number of nitrogens with zero attached hydrogens (tertiary/aromatic N) is 2. The lowest BCUT2D eigenvalue weighted by molar-refractivity contribution is 0.0527. The molecule has 1 heterocycles. The Balaban J connectivity index is 2.23. The van der Waals surface area contributed by atoms with Gasteiger partial charge < -0.3 is 15.8 Å². The number of nitrogens with one attached hydrogen (secondary N) is 1. The van der Waals surface area contributed by atoms with E-state index in [1.54, 1.807) is 29.8 Å². The molecular formula is C13H16N4O2. The number of carbonyl (C=O) groups excluding carboxylic acids is 1. The van der Waals surface area contributed by atoms with Gasteiger partial charge >= 0.3 is 5.97 Å². The molecule has 2 rings (SSSR count). The number of hydrogen-bond acceptors (Lipinski definition) is 5. The number of nitrogen functional groups attached to an aromatic ring is 1. The van der Waals surface area contributed by atoms with E-state index in [-0.39, 0.29) is 0 Å². The maximum Gasteiger partial charge on any atom is 0.340 e. The molecule has 19 heavy (non-hydrogen) atoms. The van der Waals surface area contributed by atoms with Crippen LogP contribution in [0.1, 0.15) is 17.3 Å². The number of hydrogen-bond donors (Lipinski definition) is 2. The van der Waals surface area contributed by atoms with Gasteiger partial charge in [-0.05, 0) is 25.1 Å². The topological polar surface area (TPSA) is 82.2 Å². The van der Waals surface area contributed by atoms with E-state index in [2.05, 4.69) is 10.4 Å². The molecule has 0 aliphatic carbocycles. The summed E-state index contributed by atoms with van der Waals surface area (Å²) in [7, 11) is 1.83. The minimum absolute atomic E-state index is 0.316. The predicted octanol–water partition coefficient (Wildman–Crippen LogP) is 1.92. The highest BCUT2D eigenvalue weighted by molar-refractivity contribution is 5.96. The van der Waals surface area contributed by atoms with Gasteiger partial charge in [-0.15, -0.1) is 0 Å². The fourth-order valence-electron chi connectivity index (χ4n) is 1.65. The molecule has 100 valence electrons. The van der Waals surface area contributed by atoms with Gasteiger partial charge in [-0.25, -0.2) is 4.79 Å². The Labute approximate surface area is 111 Å². The van der Waals surface area contributed by atoms with Crippen LogP contribution in [-0.4, -0.2) is 22.4 Å². The Hall–Kier alpha value is -2.50. The highest BCUT2D eigenvalue weighted by Gasteiger charge is 2.11. The van der Waals surface area contributed by atoms with Gasteiger partial charge in [0.05, 0.1) is 12.2 Å². The van der Waals surface area contributed by atoms with Crippen LogP contribution >= 0.6 is 0 Å². The lowest BCUT2D eigenvalue weighted by atomic mass is 10.1. The molecule has 0 spiro atoms. The van der Waals surface area contributed by atoms with Crippen molar-refractivity contribution in [3.63, 3.8) is 0 Å². The summed E-state index contributed by atoms with van der Waals surface area (Å²) < 4.78 is 6.64. The zero-order chi connectivity index (χ0) is 13.8. The Bertz CT molecular complexity index is 592. The van der Waals surface area contributed by atoms with Crippen molar-refractivity contribution >= 4 is 23.2 Å². The molecule has 6 heteroatoms. The van der Waals surface area contributed by atoms with E-state index in [1.165, 1.54) is 0 Å². The van der Waals surface area contributed by atoms with Crippen molar-refractivity contribution in [2.45, 2.75) is 6.92 Å². The van der Waals surface area contributed by atoms with Gasteiger partial charge in [0, 0.05) is 30.7 Å². The van der Waals surface area contributed by atoms with Crippen LogP contribution in [-0.2, 0) is 11.8 Å². The third-order valence-electron chi connectivity index (χ3n) is 2.53. The Morgan fingerprint density at radius 3 is 2.89 bits per heavy atom. The van der Waals surface area contributed by atoms with Crippen LogP contribution in [0.5, 0.6) is 0 Å². The first-order valence-corrected chi connectivity index (χ1v) is 5.93. The monoisotopic (exact) mass is 260 g/mol. The van der Waals surface area contributed by atoms with Gasteiger partial charge in [0.2, 0.25) is 0 Å². The van der Waals surface area contributed by atoms with Crippen LogP contribution in [0.15, 0.2) is 30.5 Å².